The molecule has 0 amide bonds. The summed E-state index contributed by atoms with van der Waals surface area (Å²) in [5.74, 6) is 3.56. The van der Waals surface area contributed by atoms with Crippen LogP contribution in [0.2, 0.25) is 0 Å². The maximum Gasteiger partial charge on any atom is 0.124 e. The molecular formula is C50H77Cr2I2N5O4Sm2. The van der Waals surface area contributed by atoms with E-state index in [9.17, 15) is 0 Å². The zero-order valence-corrected chi connectivity index (χ0v) is 52.3. The van der Waals surface area contributed by atoms with E-state index in [0.29, 0.717) is 0 Å². The molecule has 0 spiro atoms. The van der Waals surface area contributed by atoms with Gasteiger partial charge in [-0.15, -0.1) is 48.0 Å². The molecule has 4 rings (SSSR count). The second kappa shape index (κ2) is 49.4. The Morgan fingerprint density at radius 2 is 0.662 bits per heavy atom. The van der Waals surface area contributed by atoms with Crippen molar-refractivity contribution in [3.05, 3.63) is 96.1 Å². The summed E-state index contributed by atoms with van der Waals surface area (Å²) in [6, 6.07) is 27.4. The molecule has 15 heteroatoms. The second-order valence-electron chi connectivity index (χ2n) is 14.8. The van der Waals surface area contributed by atoms with Crippen LogP contribution in [0.1, 0.15) is 142 Å². The van der Waals surface area contributed by atoms with Gasteiger partial charge in [-0.3, -0.25) is 0 Å². The van der Waals surface area contributed by atoms with E-state index in [0.717, 1.165) is 109 Å². The van der Waals surface area contributed by atoms with Crippen molar-refractivity contribution in [1.29, 1.82) is 0 Å². The van der Waals surface area contributed by atoms with Crippen molar-refractivity contribution >= 4 is 70.7 Å². The standard InChI is InChI=1S/C26H38N2O2.C24H34N2O2.2Cr.2HI.H3N.2Sm/c1-5-7-9-11-19-29-25-17-13-15-23(21(25)3)27-28-24-16-14-18-26(22(24)4)30-20-12-10-8-6-2;1-3-5-7-9-19-27-23-15-11-21(12-16-23)25-26-22-13-17-24(18-14-22)28-20-10-8-6-4-2;;;;;;;/h13-18H,5-12,19-20H2,1-4H3;11-18H,3-10,19-20H2,1-2H3;;;2*1H;1H3;;. The average Bonchev–Trinajstić information content (AvgIpc) is 3.24. The number of ether oxygens (including phenoxy) is 4. The second-order valence-corrected chi connectivity index (χ2v) is 14.8. The summed E-state index contributed by atoms with van der Waals surface area (Å²) in [7, 11) is 0. The van der Waals surface area contributed by atoms with Crippen LogP contribution >= 0.6 is 48.0 Å². The van der Waals surface area contributed by atoms with E-state index in [1.54, 1.807) is 0 Å². The van der Waals surface area contributed by atoms with Crippen LogP contribution in [0.5, 0.6) is 23.0 Å². The summed E-state index contributed by atoms with van der Waals surface area (Å²) >= 11 is 0. The van der Waals surface area contributed by atoms with E-state index >= 15 is 0 Å². The first kappa shape index (κ1) is 74.4. The third-order valence-electron chi connectivity index (χ3n) is 9.78. The molecule has 0 aliphatic heterocycles. The Morgan fingerprint density at radius 1 is 0.369 bits per heavy atom. The van der Waals surface area contributed by atoms with Crippen molar-refractivity contribution in [2.45, 2.75) is 144 Å². The Bertz CT molecular complexity index is 1620. The minimum atomic E-state index is 0. The van der Waals surface area contributed by atoms with E-state index in [2.05, 4.69) is 48.2 Å². The summed E-state index contributed by atoms with van der Waals surface area (Å²) in [6.07, 6.45) is 19.3. The molecule has 0 fully saturated rings. The number of hydrogen-bond donors (Lipinski definition) is 1. The van der Waals surface area contributed by atoms with Crippen molar-refractivity contribution in [2.24, 2.45) is 20.5 Å². The first-order chi connectivity index (χ1) is 28.5. The van der Waals surface area contributed by atoms with E-state index < -0.39 is 0 Å². The molecule has 364 valence electrons. The molecule has 0 bridgehead atoms. The van der Waals surface area contributed by atoms with Gasteiger partial charge in [-0.2, -0.15) is 20.5 Å². The summed E-state index contributed by atoms with van der Waals surface area (Å²) in [5, 5.41) is 17.6. The molecule has 0 unspecified atom stereocenters. The minimum Gasteiger partial charge on any atom is -0.494 e. The van der Waals surface area contributed by atoms with Crippen LogP contribution in [-0.4, -0.2) is 26.4 Å². The largest absolute Gasteiger partial charge is 0.494 e. The Morgan fingerprint density at radius 3 is 0.954 bits per heavy atom. The Hall–Kier alpha value is 0.440. The van der Waals surface area contributed by atoms with Gasteiger partial charge in [0, 0.05) is 127 Å². The molecular weight excluding hydrogens is 1390 g/mol. The van der Waals surface area contributed by atoms with E-state index in [-0.39, 0.29) is 170 Å². The van der Waals surface area contributed by atoms with Crippen LogP contribution < -0.4 is 25.1 Å². The van der Waals surface area contributed by atoms with Crippen LogP contribution in [0, 0.1) is 94.6 Å². The minimum absolute atomic E-state index is 0. The normalized spacial score (nSPS) is 9.94. The number of benzene rings is 4. The van der Waals surface area contributed by atoms with Gasteiger partial charge in [0.1, 0.15) is 23.0 Å². The van der Waals surface area contributed by atoms with Crippen molar-refractivity contribution in [2.75, 3.05) is 26.4 Å². The van der Waals surface area contributed by atoms with E-state index in [4.69, 9.17) is 18.9 Å². The van der Waals surface area contributed by atoms with E-state index in [1.165, 1.54) is 77.0 Å². The zero-order valence-electron chi connectivity index (χ0n) is 39.8. The van der Waals surface area contributed by atoms with Gasteiger partial charge >= 0.3 is 0 Å². The zero-order chi connectivity index (χ0) is 41.5. The van der Waals surface area contributed by atoms with E-state index in [1.807, 2.05) is 98.8 Å². The molecule has 9 nitrogen and oxygen atoms in total. The Balaban J connectivity index is -0.000000334. The summed E-state index contributed by atoms with van der Waals surface area (Å²) in [6.45, 7) is 16.0. The molecule has 0 radical (unpaired) electrons. The molecule has 0 atom stereocenters. The molecule has 4 aromatic rings. The Labute approximate surface area is 514 Å². The molecule has 0 aliphatic rings. The SMILES string of the molecule is CCCCCCOc1ccc(N=Nc2ccc(OCCCCCC)cc2)cc1.CCCCCCOc1cccc(N=Nc2cccc(OCCCCCC)c2C)c1C.I.I.N.[Cr].[Cr].[Sm].[Sm]. The fourth-order valence-electron chi connectivity index (χ4n) is 6.04. The van der Waals surface area contributed by atoms with Gasteiger partial charge in [-0.05, 0) is 112 Å². The maximum atomic E-state index is 5.97. The number of hydrogen-bond acceptors (Lipinski definition) is 9. The topological polar surface area (TPSA) is 121 Å². The number of azo groups is 2. The third-order valence-corrected chi connectivity index (χ3v) is 9.78. The first-order valence-electron chi connectivity index (χ1n) is 22.2. The first-order valence-corrected chi connectivity index (χ1v) is 22.2. The predicted molar refractivity (Wildman–Crippen MR) is 278 cm³/mol. The molecule has 0 saturated carbocycles. The van der Waals surface area contributed by atoms with Crippen LogP contribution in [0.15, 0.2) is 105 Å². The molecule has 4 aromatic carbocycles. The fourth-order valence-corrected chi connectivity index (χ4v) is 6.04. The fraction of sp³-hybridized carbons (Fsp3) is 0.520. The van der Waals surface area contributed by atoms with Crippen LogP contribution in [-0.2, 0) is 34.7 Å². The van der Waals surface area contributed by atoms with Gasteiger partial charge in [-0.1, -0.05) is 117 Å². The molecule has 0 heterocycles. The van der Waals surface area contributed by atoms with Gasteiger partial charge < -0.3 is 25.1 Å². The van der Waals surface area contributed by atoms with Crippen LogP contribution in [0.3, 0.4) is 0 Å². The van der Waals surface area contributed by atoms with Gasteiger partial charge in [0.15, 0.2) is 0 Å². The van der Waals surface area contributed by atoms with Gasteiger partial charge in [0.05, 0.1) is 49.2 Å². The van der Waals surface area contributed by atoms with Crippen molar-refractivity contribution < 1.29 is 134 Å². The summed E-state index contributed by atoms with van der Waals surface area (Å²) < 4.78 is 23.4. The quantitative estimate of drug-likeness (QED) is 0.0345. The monoisotopic (exact) mass is 1470 g/mol. The van der Waals surface area contributed by atoms with Gasteiger partial charge in [0.25, 0.3) is 0 Å². The van der Waals surface area contributed by atoms with Crippen molar-refractivity contribution in [3.63, 3.8) is 0 Å². The molecule has 0 saturated heterocycles. The number of halogens is 2. The van der Waals surface area contributed by atoms with Gasteiger partial charge in [0.2, 0.25) is 0 Å². The Kier molecular flexibility index (Phi) is 56.6. The molecule has 0 aromatic heterocycles. The number of rotatable bonds is 28. The molecule has 3 N–H and O–H groups in total. The summed E-state index contributed by atoms with van der Waals surface area (Å²) in [5.41, 5.74) is 5.36. The molecule has 65 heavy (non-hydrogen) atoms. The van der Waals surface area contributed by atoms with Crippen molar-refractivity contribution in [3.8, 4) is 23.0 Å². The number of unbranched alkanes of at least 4 members (excludes halogenated alkanes) is 12. The molecule has 0 aliphatic carbocycles. The van der Waals surface area contributed by atoms with Crippen LogP contribution in [0.4, 0.5) is 22.7 Å². The predicted octanol–water partition coefficient (Wildman–Crippen LogP) is 18.1. The number of nitrogens with zero attached hydrogens (tertiary/aromatic N) is 4. The average molecular weight is 1470 g/mol. The van der Waals surface area contributed by atoms with Crippen molar-refractivity contribution in [1.82, 2.24) is 6.15 Å². The van der Waals surface area contributed by atoms with Crippen LogP contribution in [0.25, 0.3) is 0 Å². The summed E-state index contributed by atoms with van der Waals surface area (Å²) in [4.78, 5) is 0. The van der Waals surface area contributed by atoms with Gasteiger partial charge in [-0.25, -0.2) is 0 Å². The maximum absolute atomic E-state index is 5.97. The third kappa shape index (κ3) is 33.6. The smallest absolute Gasteiger partial charge is 0.124 e.